The Morgan fingerprint density at radius 3 is 2.21 bits per heavy atom. The lowest BCUT2D eigenvalue weighted by Crippen LogP contribution is -2.41. The highest BCUT2D eigenvalue weighted by atomic mass is 32.2. The number of nitrogens with zero attached hydrogens (tertiary/aromatic N) is 1. The quantitative estimate of drug-likeness (QED) is 0.204. The monoisotopic (exact) mass is 607 g/mol. The minimum absolute atomic E-state index is 0.00252. The highest BCUT2D eigenvalue weighted by Gasteiger charge is 2.35. The normalized spacial score (nSPS) is 11.9. The van der Waals surface area contributed by atoms with Crippen molar-refractivity contribution in [2.24, 2.45) is 5.92 Å². The van der Waals surface area contributed by atoms with Gasteiger partial charge in [-0.3, -0.25) is 4.79 Å². The Balaban J connectivity index is 1.92. The van der Waals surface area contributed by atoms with Gasteiger partial charge in [0.05, 0.1) is 37.8 Å². The van der Waals surface area contributed by atoms with Gasteiger partial charge in [-0.15, -0.1) is 0 Å². The molecule has 0 aliphatic carbocycles. The number of aryl methyl sites for hydroxylation is 1. The van der Waals surface area contributed by atoms with Crippen molar-refractivity contribution in [3.8, 4) is 23.3 Å². The Morgan fingerprint density at radius 2 is 1.58 bits per heavy atom. The van der Waals surface area contributed by atoms with E-state index in [-0.39, 0.29) is 28.7 Å². The topological polar surface area (TPSA) is 108 Å². The summed E-state index contributed by atoms with van der Waals surface area (Å²) < 4.78 is 49.5. The largest absolute Gasteiger partial charge is 0.493 e. The third-order valence-electron chi connectivity index (χ3n) is 6.27. The fraction of sp³-hybridized carbons (Fsp3) is 0.333. The number of methoxy groups -OCH3 is 3. The Morgan fingerprint density at radius 1 is 0.884 bits per heavy atom. The van der Waals surface area contributed by atoms with Gasteiger partial charge in [-0.1, -0.05) is 48.2 Å². The summed E-state index contributed by atoms with van der Waals surface area (Å²) in [6.07, 6.45) is 0.380. The minimum atomic E-state index is -4.47. The van der Waals surface area contributed by atoms with Crippen molar-refractivity contribution in [2.75, 3.05) is 25.6 Å². The molecular weight excluding hydrogens is 570 g/mol. The molecule has 0 radical (unpaired) electrons. The van der Waals surface area contributed by atoms with Crippen LogP contribution in [0.4, 0.5) is 10.5 Å². The van der Waals surface area contributed by atoms with Gasteiger partial charge in [0, 0.05) is 18.1 Å². The number of carbonyl (C=O) groups excluding carboxylic acids is 2. The lowest BCUT2D eigenvalue weighted by molar-refractivity contribution is -0.145. The molecule has 228 valence electrons. The Kier molecular flexibility index (Phi) is 11.2. The summed E-state index contributed by atoms with van der Waals surface area (Å²) in [6, 6.07) is 20.0. The van der Waals surface area contributed by atoms with Crippen molar-refractivity contribution in [2.45, 2.75) is 50.5 Å². The Labute approximate surface area is 253 Å². The van der Waals surface area contributed by atoms with E-state index >= 15 is 0 Å². The van der Waals surface area contributed by atoms with Crippen LogP contribution in [0.3, 0.4) is 0 Å². The van der Waals surface area contributed by atoms with Gasteiger partial charge < -0.3 is 18.9 Å². The van der Waals surface area contributed by atoms with Crippen LogP contribution in [0.5, 0.6) is 11.5 Å². The molecule has 3 aromatic carbocycles. The standard InChI is InChI=1S/C33H37NO8S/c1-33(2,3)42-32(36)34(27-20-21-29(39-4)30(23-27)40-5)43(37,38)28-17-11-15-25(22-28)14-10-16-26(31(35)41-6)19-18-24-12-8-7-9-13-24/h7-9,11-13,15,17,20-23,26H,16,18-19H2,1-6H3. The average Bonchev–Trinajstić information content (AvgIpc) is 2.98. The van der Waals surface area contributed by atoms with Crippen molar-refractivity contribution in [3.05, 3.63) is 83.9 Å². The number of hydrogen-bond donors (Lipinski definition) is 0. The molecule has 0 spiro atoms. The van der Waals surface area contributed by atoms with E-state index in [2.05, 4.69) is 11.8 Å². The number of carbonyl (C=O) groups is 2. The molecule has 0 N–H and O–H groups in total. The summed E-state index contributed by atoms with van der Waals surface area (Å²) >= 11 is 0. The number of ether oxygens (including phenoxy) is 4. The molecule has 10 heteroatoms. The second-order valence-electron chi connectivity index (χ2n) is 10.6. The van der Waals surface area contributed by atoms with E-state index in [1.807, 2.05) is 30.3 Å². The molecule has 0 aliphatic heterocycles. The molecular formula is C33H37NO8S. The first-order valence-corrected chi connectivity index (χ1v) is 15.0. The molecule has 43 heavy (non-hydrogen) atoms. The Bertz CT molecular complexity index is 1580. The van der Waals surface area contributed by atoms with Crippen LogP contribution in [-0.4, -0.2) is 47.4 Å². The zero-order chi connectivity index (χ0) is 31.6. The summed E-state index contributed by atoms with van der Waals surface area (Å²) in [7, 11) is -0.276. The van der Waals surface area contributed by atoms with Crippen LogP contribution in [0.1, 0.15) is 44.7 Å². The zero-order valence-electron chi connectivity index (χ0n) is 25.2. The fourth-order valence-electron chi connectivity index (χ4n) is 4.17. The first kappa shape index (κ1) is 33.0. The molecule has 1 atom stereocenters. The van der Waals surface area contributed by atoms with Crippen LogP contribution in [0.25, 0.3) is 0 Å². The number of benzene rings is 3. The fourth-order valence-corrected chi connectivity index (χ4v) is 5.53. The number of anilines is 1. The molecule has 0 fully saturated rings. The highest BCUT2D eigenvalue weighted by molar-refractivity contribution is 7.93. The van der Waals surface area contributed by atoms with E-state index in [4.69, 9.17) is 18.9 Å². The molecule has 3 aromatic rings. The number of sulfonamides is 1. The van der Waals surface area contributed by atoms with Crippen LogP contribution in [0.15, 0.2) is 77.7 Å². The molecule has 0 saturated heterocycles. The van der Waals surface area contributed by atoms with Gasteiger partial charge >= 0.3 is 12.1 Å². The molecule has 3 rings (SSSR count). The molecule has 1 unspecified atom stereocenters. The second kappa shape index (κ2) is 14.6. The maximum absolute atomic E-state index is 13.9. The van der Waals surface area contributed by atoms with Crippen LogP contribution in [-0.2, 0) is 30.7 Å². The van der Waals surface area contributed by atoms with E-state index in [1.54, 1.807) is 26.8 Å². The smallest absolute Gasteiger partial charge is 0.429 e. The SMILES string of the molecule is COC(=O)C(CC#Cc1cccc(S(=O)(=O)N(C(=O)OC(C)(C)C)c2ccc(OC)c(OC)c2)c1)CCc1ccccc1. The van der Waals surface area contributed by atoms with Crippen molar-refractivity contribution < 1.29 is 37.0 Å². The highest BCUT2D eigenvalue weighted by Crippen LogP contribution is 2.35. The molecule has 0 aromatic heterocycles. The molecule has 0 aliphatic rings. The lowest BCUT2D eigenvalue weighted by Gasteiger charge is -2.27. The van der Waals surface area contributed by atoms with Gasteiger partial charge in [-0.25, -0.2) is 13.2 Å². The molecule has 9 nitrogen and oxygen atoms in total. The number of amides is 1. The molecule has 0 heterocycles. The summed E-state index contributed by atoms with van der Waals surface area (Å²) in [4.78, 5) is 25.5. The van der Waals surface area contributed by atoms with E-state index in [0.29, 0.717) is 28.5 Å². The number of hydrogen-bond acceptors (Lipinski definition) is 8. The predicted octanol–water partition coefficient (Wildman–Crippen LogP) is 6.00. The lowest BCUT2D eigenvalue weighted by atomic mass is 9.96. The van der Waals surface area contributed by atoms with Gasteiger partial charge in [0.25, 0.3) is 10.0 Å². The predicted molar refractivity (Wildman–Crippen MR) is 164 cm³/mol. The van der Waals surface area contributed by atoms with Gasteiger partial charge in [0.15, 0.2) is 11.5 Å². The van der Waals surface area contributed by atoms with E-state index in [9.17, 15) is 18.0 Å². The first-order chi connectivity index (χ1) is 20.4. The molecule has 0 saturated carbocycles. The number of rotatable bonds is 10. The summed E-state index contributed by atoms with van der Waals surface area (Å²) in [5.41, 5.74) is 0.532. The third-order valence-corrected chi connectivity index (χ3v) is 7.96. The van der Waals surface area contributed by atoms with Crippen LogP contribution in [0, 0.1) is 17.8 Å². The van der Waals surface area contributed by atoms with Gasteiger partial charge in [0.2, 0.25) is 0 Å². The maximum atomic E-state index is 13.9. The minimum Gasteiger partial charge on any atom is -0.493 e. The van der Waals surface area contributed by atoms with Gasteiger partial charge in [-0.05, 0) is 69.5 Å². The molecule has 0 bridgehead atoms. The second-order valence-corrected chi connectivity index (χ2v) is 12.4. The van der Waals surface area contributed by atoms with E-state index in [1.165, 1.54) is 57.7 Å². The average molecular weight is 608 g/mol. The summed E-state index contributed by atoms with van der Waals surface area (Å²) in [5, 5.41) is 0. The molecule has 1 amide bonds. The summed E-state index contributed by atoms with van der Waals surface area (Å²) in [6.45, 7) is 4.92. The Hall–Kier alpha value is -4.49. The summed E-state index contributed by atoms with van der Waals surface area (Å²) in [5.74, 6) is 5.73. The first-order valence-electron chi connectivity index (χ1n) is 13.6. The van der Waals surface area contributed by atoms with Crippen LogP contribution >= 0.6 is 0 Å². The van der Waals surface area contributed by atoms with Crippen molar-refractivity contribution >= 4 is 27.8 Å². The van der Waals surface area contributed by atoms with Gasteiger partial charge in [-0.2, -0.15) is 4.31 Å². The zero-order valence-corrected chi connectivity index (χ0v) is 26.1. The third kappa shape index (κ3) is 9.00. The van der Waals surface area contributed by atoms with E-state index < -0.39 is 27.6 Å². The van der Waals surface area contributed by atoms with Crippen molar-refractivity contribution in [3.63, 3.8) is 0 Å². The van der Waals surface area contributed by atoms with Gasteiger partial charge in [0.1, 0.15) is 5.60 Å². The van der Waals surface area contributed by atoms with Crippen LogP contribution < -0.4 is 13.8 Å². The van der Waals surface area contributed by atoms with Crippen LogP contribution in [0.2, 0.25) is 0 Å². The van der Waals surface area contributed by atoms with Crippen molar-refractivity contribution in [1.29, 1.82) is 0 Å². The van der Waals surface area contributed by atoms with E-state index in [0.717, 1.165) is 5.56 Å². The van der Waals surface area contributed by atoms with Crippen molar-refractivity contribution in [1.82, 2.24) is 0 Å². The number of esters is 1. The maximum Gasteiger partial charge on any atom is 0.429 e.